The van der Waals surface area contributed by atoms with Crippen molar-refractivity contribution >= 4 is 18.6 Å². The van der Waals surface area contributed by atoms with Crippen LogP contribution in [-0.2, 0) is 11.2 Å². The molecule has 1 aromatic heterocycles. The van der Waals surface area contributed by atoms with Crippen molar-refractivity contribution in [2.24, 2.45) is 0 Å². The number of aromatic nitrogens is 3. The Labute approximate surface area is 118 Å². The molecule has 0 aliphatic heterocycles. The fraction of sp³-hybridized carbons (Fsp3) is 0.615. The zero-order valence-corrected chi connectivity index (χ0v) is 11.9. The van der Waals surface area contributed by atoms with Gasteiger partial charge in [0, 0.05) is 12.5 Å². The van der Waals surface area contributed by atoms with E-state index in [0.717, 1.165) is 37.9 Å². The van der Waals surface area contributed by atoms with Gasteiger partial charge < -0.3 is 10.1 Å². The number of nitrogens with one attached hydrogen (secondary N) is 1. The van der Waals surface area contributed by atoms with Crippen LogP contribution < -0.4 is 0 Å². The van der Waals surface area contributed by atoms with Gasteiger partial charge in [-0.05, 0) is 19.3 Å². The summed E-state index contributed by atoms with van der Waals surface area (Å²) in [6.07, 6.45) is 11.7. The van der Waals surface area contributed by atoms with Gasteiger partial charge in [0.15, 0.2) is 5.16 Å². The van der Waals surface area contributed by atoms with Crippen molar-refractivity contribution in [3.05, 3.63) is 18.0 Å². The second kappa shape index (κ2) is 9.61. The van der Waals surface area contributed by atoms with E-state index in [1.807, 2.05) is 0 Å². The van der Waals surface area contributed by atoms with Crippen molar-refractivity contribution in [2.75, 3.05) is 0 Å². The molecule has 0 radical (unpaired) electrons. The van der Waals surface area contributed by atoms with E-state index in [0.29, 0.717) is 5.16 Å². The molecule has 1 heterocycles. The van der Waals surface area contributed by atoms with Crippen LogP contribution in [0.2, 0.25) is 0 Å². The number of aryl methyl sites for hydroxylation is 1. The summed E-state index contributed by atoms with van der Waals surface area (Å²) in [6.45, 7) is 0. The number of aliphatic carboxylic acids is 1. The van der Waals surface area contributed by atoms with Gasteiger partial charge in [-0.25, -0.2) is 4.79 Å². The van der Waals surface area contributed by atoms with Crippen LogP contribution in [0.1, 0.15) is 50.8 Å². The van der Waals surface area contributed by atoms with Crippen molar-refractivity contribution in [1.29, 1.82) is 0 Å². The standard InChI is InChI=1S/C13H21N3O2S/c17-12(18)10-8-6-4-2-1-3-5-7-9-11-14-13(19)16-15-11/h8,10H,1-7,9H2,(H,17,18)(H2,14,15,16,19)/b10-8+. The average Bonchev–Trinajstić information content (AvgIpc) is 2.77. The van der Waals surface area contributed by atoms with Gasteiger partial charge in [0.05, 0.1) is 0 Å². The SMILES string of the molecule is O=C(O)/C=C/CCCCCCCCc1nnc(S)[nH]1. The summed E-state index contributed by atoms with van der Waals surface area (Å²) in [5.74, 6) is 0.0422. The van der Waals surface area contributed by atoms with Crippen LogP contribution in [0.15, 0.2) is 17.3 Å². The molecule has 0 unspecified atom stereocenters. The van der Waals surface area contributed by atoms with E-state index < -0.39 is 5.97 Å². The van der Waals surface area contributed by atoms with Crippen LogP contribution in [0, 0.1) is 0 Å². The lowest BCUT2D eigenvalue weighted by molar-refractivity contribution is -0.131. The summed E-state index contributed by atoms with van der Waals surface area (Å²) in [4.78, 5) is 13.2. The molecule has 0 saturated heterocycles. The van der Waals surface area contributed by atoms with E-state index in [4.69, 9.17) is 5.11 Å². The van der Waals surface area contributed by atoms with Crippen LogP contribution in [0.4, 0.5) is 0 Å². The Bertz CT molecular complexity index is 404. The van der Waals surface area contributed by atoms with Crippen LogP contribution in [0.5, 0.6) is 0 Å². The highest BCUT2D eigenvalue weighted by molar-refractivity contribution is 7.80. The Morgan fingerprint density at radius 1 is 1.16 bits per heavy atom. The molecule has 0 atom stereocenters. The number of carbonyl (C=O) groups is 1. The van der Waals surface area contributed by atoms with Gasteiger partial charge in [0.25, 0.3) is 0 Å². The molecule has 106 valence electrons. The summed E-state index contributed by atoms with van der Waals surface area (Å²) in [7, 11) is 0. The molecule has 1 aromatic rings. The van der Waals surface area contributed by atoms with Gasteiger partial charge in [-0.15, -0.1) is 22.8 Å². The lowest BCUT2D eigenvalue weighted by Gasteiger charge is -1.99. The lowest BCUT2D eigenvalue weighted by Crippen LogP contribution is -1.89. The first-order valence-corrected chi connectivity index (χ1v) is 7.13. The second-order valence-electron chi connectivity index (χ2n) is 4.50. The lowest BCUT2D eigenvalue weighted by atomic mass is 10.1. The molecule has 0 aliphatic rings. The van der Waals surface area contributed by atoms with Crippen molar-refractivity contribution in [3.63, 3.8) is 0 Å². The Balaban J connectivity index is 1.87. The molecular weight excluding hydrogens is 262 g/mol. The smallest absolute Gasteiger partial charge is 0.327 e. The third-order valence-corrected chi connectivity index (χ3v) is 3.02. The normalized spacial score (nSPS) is 11.2. The molecule has 5 nitrogen and oxygen atoms in total. The fourth-order valence-electron chi connectivity index (χ4n) is 1.85. The van der Waals surface area contributed by atoms with E-state index in [1.165, 1.54) is 25.3 Å². The van der Waals surface area contributed by atoms with Gasteiger partial charge in [-0.2, -0.15) is 0 Å². The predicted molar refractivity (Wildman–Crippen MR) is 76.4 cm³/mol. The minimum absolute atomic E-state index is 0.574. The molecule has 0 amide bonds. The maximum absolute atomic E-state index is 10.2. The molecule has 0 bridgehead atoms. The third-order valence-electron chi connectivity index (χ3n) is 2.82. The van der Waals surface area contributed by atoms with Crippen molar-refractivity contribution in [1.82, 2.24) is 15.2 Å². The molecule has 0 saturated carbocycles. The second-order valence-corrected chi connectivity index (χ2v) is 4.92. The Morgan fingerprint density at radius 3 is 2.47 bits per heavy atom. The number of rotatable bonds is 10. The number of thiol groups is 1. The Hall–Kier alpha value is -1.30. The van der Waals surface area contributed by atoms with Crippen molar-refractivity contribution in [3.8, 4) is 0 Å². The summed E-state index contributed by atoms with van der Waals surface area (Å²) >= 11 is 4.07. The number of carboxylic acid groups (broad SMARTS) is 1. The van der Waals surface area contributed by atoms with Crippen LogP contribution in [-0.4, -0.2) is 26.3 Å². The number of allylic oxidation sites excluding steroid dienone is 1. The molecule has 2 N–H and O–H groups in total. The summed E-state index contributed by atoms with van der Waals surface area (Å²) < 4.78 is 0. The molecule has 1 rings (SSSR count). The fourth-order valence-corrected chi connectivity index (χ4v) is 2.02. The van der Waals surface area contributed by atoms with Gasteiger partial charge >= 0.3 is 5.97 Å². The van der Waals surface area contributed by atoms with Gasteiger partial charge in [0.2, 0.25) is 0 Å². The minimum Gasteiger partial charge on any atom is -0.478 e. The van der Waals surface area contributed by atoms with Crippen molar-refractivity contribution in [2.45, 2.75) is 56.5 Å². The third kappa shape index (κ3) is 8.42. The maximum atomic E-state index is 10.2. The molecule has 19 heavy (non-hydrogen) atoms. The number of hydrogen-bond donors (Lipinski definition) is 3. The maximum Gasteiger partial charge on any atom is 0.327 e. The first kappa shape index (κ1) is 15.8. The topological polar surface area (TPSA) is 78.9 Å². The van der Waals surface area contributed by atoms with Gasteiger partial charge in [-0.1, -0.05) is 31.8 Å². The highest BCUT2D eigenvalue weighted by Crippen LogP contribution is 2.09. The number of unbranched alkanes of at least 4 members (excludes halogenated alkanes) is 6. The summed E-state index contributed by atoms with van der Waals surface area (Å²) in [5, 5.41) is 16.7. The largest absolute Gasteiger partial charge is 0.478 e. The Kier molecular flexibility index (Phi) is 7.97. The highest BCUT2D eigenvalue weighted by Gasteiger charge is 1.98. The number of H-pyrrole nitrogens is 1. The molecule has 0 aromatic carbocycles. The van der Waals surface area contributed by atoms with Gasteiger partial charge in [-0.3, -0.25) is 0 Å². The molecule has 0 aliphatic carbocycles. The van der Waals surface area contributed by atoms with E-state index >= 15 is 0 Å². The molecule has 6 heteroatoms. The number of aromatic amines is 1. The predicted octanol–water partition coefficient (Wildman–Crippen LogP) is 3.01. The van der Waals surface area contributed by atoms with Crippen LogP contribution >= 0.6 is 12.6 Å². The number of hydrogen-bond acceptors (Lipinski definition) is 4. The van der Waals surface area contributed by atoms with E-state index in [-0.39, 0.29) is 0 Å². The highest BCUT2D eigenvalue weighted by atomic mass is 32.1. The average molecular weight is 283 g/mol. The van der Waals surface area contributed by atoms with Gasteiger partial charge in [0.1, 0.15) is 5.82 Å². The van der Waals surface area contributed by atoms with Crippen molar-refractivity contribution < 1.29 is 9.90 Å². The number of carboxylic acids is 1. The van der Waals surface area contributed by atoms with E-state index in [1.54, 1.807) is 6.08 Å². The number of nitrogens with zero attached hydrogens (tertiary/aromatic N) is 2. The van der Waals surface area contributed by atoms with Crippen LogP contribution in [0.25, 0.3) is 0 Å². The minimum atomic E-state index is -0.864. The first-order chi connectivity index (χ1) is 9.18. The quantitative estimate of drug-likeness (QED) is 0.350. The summed E-state index contributed by atoms with van der Waals surface area (Å²) in [6, 6.07) is 0. The Morgan fingerprint density at radius 2 is 1.84 bits per heavy atom. The summed E-state index contributed by atoms with van der Waals surface area (Å²) in [5.41, 5.74) is 0. The zero-order chi connectivity index (χ0) is 13.9. The van der Waals surface area contributed by atoms with E-state index in [2.05, 4.69) is 27.8 Å². The molecular formula is C13H21N3O2S. The van der Waals surface area contributed by atoms with E-state index in [9.17, 15) is 4.79 Å². The monoisotopic (exact) mass is 283 g/mol. The van der Waals surface area contributed by atoms with Crippen LogP contribution in [0.3, 0.4) is 0 Å². The molecule has 0 fully saturated rings. The first-order valence-electron chi connectivity index (χ1n) is 6.68. The zero-order valence-electron chi connectivity index (χ0n) is 11.0. The molecule has 0 spiro atoms.